The summed E-state index contributed by atoms with van der Waals surface area (Å²) in [6.07, 6.45) is 0. The Hall–Kier alpha value is -1.72. The van der Waals surface area contributed by atoms with Crippen molar-refractivity contribution in [1.82, 2.24) is 9.55 Å². The van der Waals surface area contributed by atoms with Crippen LogP contribution in [0.4, 0.5) is 4.39 Å². The number of hydrogen-bond acceptors (Lipinski definition) is 2. The minimum atomic E-state index is -0.451. The third-order valence-electron chi connectivity index (χ3n) is 3.13. The van der Waals surface area contributed by atoms with Crippen LogP contribution in [0.25, 0.3) is 16.6 Å². The summed E-state index contributed by atoms with van der Waals surface area (Å²) < 4.78 is 15.4. The average molecular weight is 368 g/mol. The Labute approximate surface area is 133 Å². The van der Waals surface area contributed by atoms with Gasteiger partial charge in [0.1, 0.15) is 11.6 Å². The first-order valence-corrected chi connectivity index (χ1v) is 7.46. The number of alkyl halides is 1. The summed E-state index contributed by atoms with van der Waals surface area (Å²) in [6.45, 7) is 0. The summed E-state index contributed by atoms with van der Waals surface area (Å²) in [5.74, 6) is -0.0206. The van der Waals surface area contributed by atoms with Gasteiger partial charge in [-0.3, -0.25) is 9.36 Å². The number of benzene rings is 2. The van der Waals surface area contributed by atoms with Crippen molar-refractivity contribution in [2.24, 2.45) is 0 Å². The summed E-state index contributed by atoms with van der Waals surface area (Å²) in [6, 6.07) is 11.5. The van der Waals surface area contributed by atoms with Crippen molar-refractivity contribution >= 4 is 38.4 Å². The third-order valence-corrected chi connectivity index (χ3v) is 4.01. The molecule has 0 amide bonds. The number of halogens is 3. The zero-order valence-electron chi connectivity index (χ0n) is 10.7. The van der Waals surface area contributed by atoms with E-state index in [1.54, 1.807) is 36.4 Å². The molecular weight excluding hydrogens is 359 g/mol. The standard InChI is InChI=1S/C15H9BrClFN2O/c16-11-6-5-9(7-12(11)18)20-14(8-17)19-13-4-2-1-3-10(13)15(20)21/h1-7H,8H2. The summed E-state index contributed by atoms with van der Waals surface area (Å²) in [5, 5.41) is 0.467. The Bertz CT molecular complexity index is 894. The lowest BCUT2D eigenvalue weighted by Crippen LogP contribution is -2.23. The molecule has 0 aliphatic rings. The second kappa shape index (κ2) is 5.58. The number of para-hydroxylation sites is 1. The number of nitrogens with zero attached hydrogens (tertiary/aromatic N) is 2. The van der Waals surface area contributed by atoms with Crippen LogP contribution in [0.3, 0.4) is 0 Å². The molecule has 1 aromatic heterocycles. The summed E-state index contributed by atoms with van der Waals surface area (Å²) >= 11 is 8.99. The van der Waals surface area contributed by atoms with Gasteiger partial charge in [0.25, 0.3) is 5.56 Å². The molecule has 2 aromatic carbocycles. The molecule has 0 atom stereocenters. The van der Waals surface area contributed by atoms with Gasteiger partial charge in [-0.25, -0.2) is 9.37 Å². The summed E-state index contributed by atoms with van der Waals surface area (Å²) in [4.78, 5) is 17.0. The molecule has 0 fully saturated rings. The van der Waals surface area contributed by atoms with Crippen molar-refractivity contribution in [1.29, 1.82) is 0 Å². The van der Waals surface area contributed by atoms with Crippen LogP contribution in [0.1, 0.15) is 5.82 Å². The first-order chi connectivity index (χ1) is 10.1. The molecule has 6 heteroatoms. The van der Waals surface area contributed by atoms with Gasteiger partial charge in [0, 0.05) is 0 Å². The largest absolute Gasteiger partial charge is 0.268 e. The highest BCUT2D eigenvalue weighted by Gasteiger charge is 2.13. The second-order valence-electron chi connectivity index (χ2n) is 4.42. The highest BCUT2D eigenvalue weighted by atomic mass is 79.9. The van der Waals surface area contributed by atoms with E-state index in [0.717, 1.165) is 0 Å². The van der Waals surface area contributed by atoms with Gasteiger partial charge >= 0.3 is 0 Å². The molecule has 0 aliphatic heterocycles. The van der Waals surface area contributed by atoms with Crippen LogP contribution in [-0.4, -0.2) is 9.55 Å². The molecule has 0 N–H and O–H groups in total. The number of rotatable bonds is 2. The van der Waals surface area contributed by atoms with E-state index < -0.39 is 5.82 Å². The van der Waals surface area contributed by atoms with E-state index in [1.807, 2.05) is 0 Å². The lowest BCUT2D eigenvalue weighted by atomic mass is 10.2. The minimum Gasteiger partial charge on any atom is -0.268 e. The normalized spacial score (nSPS) is 11.0. The smallest absolute Gasteiger partial charge is 0.266 e. The maximum atomic E-state index is 13.7. The molecule has 0 radical (unpaired) electrons. The lowest BCUT2D eigenvalue weighted by Gasteiger charge is -2.12. The van der Waals surface area contributed by atoms with Crippen molar-refractivity contribution in [3.05, 3.63) is 68.9 Å². The zero-order valence-corrected chi connectivity index (χ0v) is 13.0. The summed E-state index contributed by atoms with van der Waals surface area (Å²) in [5.41, 5.74) is 0.708. The minimum absolute atomic E-state index is 0.0533. The fraction of sp³-hybridized carbons (Fsp3) is 0.0667. The SMILES string of the molecule is O=c1c2ccccc2nc(CCl)n1-c1ccc(Br)c(F)c1. The van der Waals surface area contributed by atoms with Crippen LogP contribution >= 0.6 is 27.5 Å². The molecule has 1 heterocycles. The van der Waals surface area contributed by atoms with Gasteiger partial charge in [-0.1, -0.05) is 12.1 Å². The van der Waals surface area contributed by atoms with Crippen molar-refractivity contribution in [2.45, 2.75) is 5.88 Å². The Morgan fingerprint density at radius 3 is 2.71 bits per heavy atom. The molecule has 0 bridgehead atoms. The second-order valence-corrected chi connectivity index (χ2v) is 5.54. The molecule has 0 unspecified atom stereocenters. The number of fused-ring (bicyclic) bond motifs is 1. The predicted molar refractivity (Wildman–Crippen MR) is 84.6 cm³/mol. The van der Waals surface area contributed by atoms with E-state index in [9.17, 15) is 9.18 Å². The van der Waals surface area contributed by atoms with E-state index in [-0.39, 0.29) is 11.4 Å². The molecule has 106 valence electrons. The highest BCUT2D eigenvalue weighted by molar-refractivity contribution is 9.10. The molecule has 0 saturated heterocycles. The summed E-state index contributed by atoms with van der Waals surface area (Å²) in [7, 11) is 0. The van der Waals surface area contributed by atoms with Crippen LogP contribution in [0, 0.1) is 5.82 Å². The molecule has 3 rings (SSSR count). The Balaban J connectivity index is 2.37. The van der Waals surface area contributed by atoms with Crippen molar-refractivity contribution in [3.8, 4) is 5.69 Å². The fourth-order valence-corrected chi connectivity index (χ4v) is 2.58. The van der Waals surface area contributed by atoms with E-state index in [2.05, 4.69) is 20.9 Å². The van der Waals surface area contributed by atoms with E-state index in [4.69, 9.17) is 11.6 Å². The predicted octanol–water partition coefficient (Wildman–Crippen LogP) is 4.03. The molecule has 0 saturated carbocycles. The van der Waals surface area contributed by atoms with E-state index in [0.29, 0.717) is 26.9 Å². The highest BCUT2D eigenvalue weighted by Crippen LogP contribution is 2.20. The van der Waals surface area contributed by atoms with Gasteiger partial charge in [0.15, 0.2) is 0 Å². The van der Waals surface area contributed by atoms with Gasteiger partial charge < -0.3 is 0 Å². The van der Waals surface area contributed by atoms with Gasteiger partial charge in [-0.15, -0.1) is 11.6 Å². The van der Waals surface area contributed by atoms with Gasteiger partial charge in [-0.05, 0) is 46.3 Å². The van der Waals surface area contributed by atoms with Crippen LogP contribution in [0.5, 0.6) is 0 Å². The first kappa shape index (κ1) is 14.2. The maximum Gasteiger partial charge on any atom is 0.266 e. The number of hydrogen-bond donors (Lipinski definition) is 0. The quantitative estimate of drug-likeness (QED) is 0.641. The van der Waals surface area contributed by atoms with Crippen molar-refractivity contribution < 1.29 is 4.39 Å². The third kappa shape index (κ3) is 2.47. The average Bonchev–Trinajstić information content (AvgIpc) is 2.50. The first-order valence-electron chi connectivity index (χ1n) is 6.14. The maximum absolute atomic E-state index is 13.7. The van der Waals surface area contributed by atoms with Crippen molar-refractivity contribution in [2.75, 3.05) is 0 Å². The van der Waals surface area contributed by atoms with Gasteiger partial charge in [0.05, 0.1) is 26.9 Å². The van der Waals surface area contributed by atoms with E-state index >= 15 is 0 Å². The molecule has 21 heavy (non-hydrogen) atoms. The van der Waals surface area contributed by atoms with Crippen LogP contribution in [0.15, 0.2) is 51.7 Å². The zero-order chi connectivity index (χ0) is 15.0. The van der Waals surface area contributed by atoms with Crippen LogP contribution in [-0.2, 0) is 5.88 Å². The van der Waals surface area contributed by atoms with E-state index in [1.165, 1.54) is 10.6 Å². The monoisotopic (exact) mass is 366 g/mol. The lowest BCUT2D eigenvalue weighted by molar-refractivity contribution is 0.619. The Kier molecular flexibility index (Phi) is 3.78. The van der Waals surface area contributed by atoms with Crippen molar-refractivity contribution in [3.63, 3.8) is 0 Å². The molecule has 3 nitrogen and oxygen atoms in total. The molecule has 3 aromatic rings. The van der Waals surface area contributed by atoms with Crippen LogP contribution in [0.2, 0.25) is 0 Å². The Morgan fingerprint density at radius 2 is 2.00 bits per heavy atom. The number of aromatic nitrogens is 2. The van der Waals surface area contributed by atoms with Gasteiger partial charge in [0.2, 0.25) is 0 Å². The Morgan fingerprint density at radius 1 is 1.24 bits per heavy atom. The molecular formula is C15H9BrClFN2O. The fourth-order valence-electron chi connectivity index (χ4n) is 2.16. The van der Waals surface area contributed by atoms with Crippen LogP contribution < -0.4 is 5.56 Å². The topological polar surface area (TPSA) is 34.9 Å². The van der Waals surface area contributed by atoms with Gasteiger partial charge in [-0.2, -0.15) is 0 Å². The molecule has 0 spiro atoms. The molecule has 0 aliphatic carbocycles.